The molecule has 1 unspecified atom stereocenters. The Morgan fingerprint density at radius 3 is 2.68 bits per heavy atom. The Morgan fingerprint density at radius 2 is 2.12 bits per heavy atom. The third-order valence-corrected chi connectivity index (χ3v) is 4.70. The Balaban J connectivity index is 2.78. The number of hydrogen-bond donors (Lipinski definition) is 1. The monoisotopic (exact) mass is 470 g/mol. The lowest BCUT2D eigenvalue weighted by molar-refractivity contribution is -0.139. The summed E-state index contributed by atoms with van der Waals surface area (Å²) in [6.45, 7) is 3.51. The van der Waals surface area contributed by atoms with Crippen molar-refractivity contribution in [2.45, 2.75) is 19.8 Å². The van der Waals surface area contributed by atoms with E-state index in [2.05, 4.69) is 31.9 Å². The van der Waals surface area contributed by atoms with Crippen LogP contribution >= 0.6 is 31.9 Å². The van der Waals surface area contributed by atoms with Crippen LogP contribution in [-0.4, -0.2) is 19.7 Å². The summed E-state index contributed by atoms with van der Waals surface area (Å²) < 4.78 is 17.5. The quantitative estimate of drug-likeness (QED) is 0.670. The summed E-state index contributed by atoms with van der Waals surface area (Å²) in [6.07, 6.45) is 0. The molecule has 0 fully saturated rings. The number of nitrogens with two attached hydrogens (primary N) is 1. The van der Waals surface area contributed by atoms with Crippen LogP contribution in [0.1, 0.15) is 25.3 Å². The molecule has 1 aromatic carbocycles. The number of rotatable bonds is 4. The number of allylic oxidation sites excluding steroid dienone is 2. The van der Waals surface area contributed by atoms with Crippen molar-refractivity contribution in [1.82, 2.24) is 0 Å². The van der Waals surface area contributed by atoms with Gasteiger partial charge in [0.1, 0.15) is 23.2 Å². The highest BCUT2D eigenvalue weighted by molar-refractivity contribution is 9.11. The Bertz CT molecular complexity index is 825. The Kier molecular flexibility index (Phi) is 6.14. The molecule has 1 heterocycles. The molecule has 2 N–H and O–H groups in total. The van der Waals surface area contributed by atoms with Gasteiger partial charge in [0.25, 0.3) is 0 Å². The second-order valence-corrected chi connectivity index (χ2v) is 6.90. The number of methoxy groups -OCH3 is 1. The minimum Gasteiger partial charge on any atom is -0.495 e. The Labute approximate surface area is 162 Å². The molecule has 1 atom stereocenters. The third-order valence-electron chi connectivity index (χ3n) is 3.65. The molecule has 0 bridgehead atoms. The number of esters is 1. The summed E-state index contributed by atoms with van der Waals surface area (Å²) in [5.41, 5.74) is 6.83. The Morgan fingerprint density at radius 1 is 1.44 bits per heavy atom. The van der Waals surface area contributed by atoms with Crippen molar-refractivity contribution in [2.24, 2.45) is 5.73 Å². The summed E-state index contributed by atoms with van der Waals surface area (Å²) in [7, 11) is 1.51. The van der Waals surface area contributed by atoms with Gasteiger partial charge in [0.2, 0.25) is 5.88 Å². The molecule has 6 nitrogen and oxygen atoms in total. The number of nitrogens with zero attached hydrogens (tertiary/aromatic N) is 1. The highest BCUT2D eigenvalue weighted by Crippen LogP contribution is 2.46. The maximum absolute atomic E-state index is 12.5. The van der Waals surface area contributed by atoms with Crippen molar-refractivity contribution < 1.29 is 19.0 Å². The SMILES string of the molecule is CCOC(=O)C1=C(C)OC(N)=C(C#N)C1c1cc(Br)cc(Br)c1OC. The van der Waals surface area contributed by atoms with E-state index in [9.17, 15) is 10.1 Å². The van der Waals surface area contributed by atoms with Gasteiger partial charge in [-0.15, -0.1) is 0 Å². The van der Waals surface area contributed by atoms with E-state index in [0.717, 1.165) is 4.47 Å². The van der Waals surface area contributed by atoms with Gasteiger partial charge in [-0.05, 0) is 41.9 Å². The molecule has 2 rings (SSSR count). The molecule has 0 saturated heterocycles. The van der Waals surface area contributed by atoms with E-state index in [1.54, 1.807) is 26.0 Å². The van der Waals surface area contributed by atoms with E-state index in [1.807, 2.05) is 6.07 Å². The summed E-state index contributed by atoms with van der Waals surface area (Å²) >= 11 is 6.86. The summed E-state index contributed by atoms with van der Waals surface area (Å²) in [5.74, 6) is -0.593. The smallest absolute Gasteiger partial charge is 0.338 e. The zero-order chi connectivity index (χ0) is 18.7. The fourth-order valence-electron chi connectivity index (χ4n) is 2.68. The van der Waals surface area contributed by atoms with Crippen molar-refractivity contribution in [2.75, 3.05) is 13.7 Å². The van der Waals surface area contributed by atoms with Gasteiger partial charge in [0, 0.05) is 10.0 Å². The molecule has 0 amide bonds. The predicted molar refractivity (Wildman–Crippen MR) is 98.4 cm³/mol. The van der Waals surface area contributed by atoms with Crippen LogP contribution in [0.2, 0.25) is 0 Å². The van der Waals surface area contributed by atoms with Crippen LogP contribution in [0.3, 0.4) is 0 Å². The summed E-state index contributed by atoms with van der Waals surface area (Å²) in [5, 5.41) is 9.60. The van der Waals surface area contributed by atoms with Gasteiger partial charge < -0.3 is 19.9 Å². The number of halogens is 2. The van der Waals surface area contributed by atoms with Crippen LogP contribution in [0.15, 0.2) is 43.9 Å². The average Bonchev–Trinajstić information content (AvgIpc) is 2.53. The van der Waals surface area contributed by atoms with E-state index in [0.29, 0.717) is 15.8 Å². The molecule has 132 valence electrons. The van der Waals surface area contributed by atoms with Crippen LogP contribution in [-0.2, 0) is 14.3 Å². The molecule has 0 aliphatic carbocycles. The molecular weight excluding hydrogens is 456 g/mol. The Hall–Kier alpha value is -1.98. The normalized spacial score (nSPS) is 17.0. The highest BCUT2D eigenvalue weighted by Gasteiger charge is 2.38. The second-order valence-electron chi connectivity index (χ2n) is 5.13. The second kappa shape index (κ2) is 7.93. The third kappa shape index (κ3) is 3.67. The zero-order valence-corrected chi connectivity index (χ0v) is 17.0. The largest absolute Gasteiger partial charge is 0.495 e. The minimum atomic E-state index is -0.762. The van der Waals surface area contributed by atoms with Gasteiger partial charge in [-0.2, -0.15) is 5.26 Å². The topological polar surface area (TPSA) is 94.6 Å². The molecule has 1 aliphatic heterocycles. The first-order valence-corrected chi connectivity index (χ1v) is 8.92. The maximum atomic E-state index is 12.5. The number of carbonyl (C=O) groups excluding carboxylic acids is 1. The molecule has 0 aromatic heterocycles. The molecule has 1 aliphatic rings. The number of ether oxygens (including phenoxy) is 3. The minimum absolute atomic E-state index is 0.0452. The van der Waals surface area contributed by atoms with E-state index < -0.39 is 11.9 Å². The first-order chi connectivity index (χ1) is 11.8. The van der Waals surface area contributed by atoms with Crippen LogP contribution in [0.25, 0.3) is 0 Å². The highest BCUT2D eigenvalue weighted by atomic mass is 79.9. The molecule has 8 heteroatoms. The lowest BCUT2D eigenvalue weighted by Gasteiger charge is -2.28. The number of carbonyl (C=O) groups is 1. The van der Waals surface area contributed by atoms with Crippen LogP contribution in [0, 0.1) is 11.3 Å². The fourth-order valence-corrected chi connectivity index (χ4v) is 4.10. The van der Waals surface area contributed by atoms with Gasteiger partial charge in [-0.25, -0.2) is 4.79 Å². The zero-order valence-electron chi connectivity index (χ0n) is 13.9. The van der Waals surface area contributed by atoms with Crippen molar-refractivity contribution in [3.63, 3.8) is 0 Å². The first-order valence-electron chi connectivity index (χ1n) is 7.34. The van der Waals surface area contributed by atoms with Crippen LogP contribution < -0.4 is 10.5 Å². The molecule has 1 aromatic rings. The number of benzene rings is 1. The van der Waals surface area contributed by atoms with E-state index >= 15 is 0 Å². The van der Waals surface area contributed by atoms with E-state index in [4.69, 9.17) is 19.9 Å². The van der Waals surface area contributed by atoms with Crippen LogP contribution in [0.5, 0.6) is 5.75 Å². The van der Waals surface area contributed by atoms with E-state index in [1.165, 1.54) is 7.11 Å². The van der Waals surface area contributed by atoms with Crippen molar-refractivity contribution >= 4 is 37.8 Å². The summed E-state index contributed by atoms with van der Waals surface area (Å²) in [6, 6.07) is 5.62. The van der Waals surface area contributed by atoms with Gasteiger partial charge in [0.05, 0.1) is 29.7 Å². The molecule has 0 spiro atoms. The maximum Gasteiger partial charge on any atom is 0.338 e. The van der Waals surface area contributed by atoms with Crippen LogP contribution in [0.4, 0.5) is 0 Å². The van der Waals surface area contributed by atoms with E-state index in [-0.39, 0.29) is 29.4 Å². The lowest BCUT2D eigenvalue weighted by Crippen LogP contribution is -2.26. The molecule has 0 saturated carbocycles. The number of nitriles is 1. The predicted octanol–water partition coefficient (Wildman–Crippen LogP) is 3.86. The van der Waals surface area contributed by atoms with Gasteiger partial charge >= 0.3 is 5.97 Å². The van der Waals surface area contributed by atoms with Gasteiger partial charge in [0.15, 0.2) is 0 Å². The van der Waals surface area contributed by atoms with Crippen molar-refractivity contribution in [3.05, 3.63) is 49.4 Å². The summed E-state index contributed by atoms with van der Waals surface area (Å²) in [4.78, 5) is 12.5. The van der Waals surface area contributed by atoms with Crippen molar-refractivity contribution in [3.8, 4) is 11.8 Å². The standard InChI is InChI=1S/C17H16Br2N2O4/c1-4-24-17(22)13-8(2)25-16(21)11(7-20)14(13)10-5-9(18)6-12(19)15(10)23-3/h5-6,14H,4,21H2,1-3H3. The van der Waals surface area contributed by atoms with Crippen molar-refractivity contribution in [1.29, 1.82) is 5.26 Å². The first kappa shape index (κ1) is 19.3. The van der Waals surface area contributed by atoms with Gasteiger partial charge in [-0.1, -0.05) is 15.9 Å². The van der Waals surface area contributed by atoms with Gasteiger partial charge in [-0.3, -0.25) is 0 Å². The fraction of sp³-hybridized carbons (Fsp3) is 0.294. The molecule has 0 radical (unpaired) electrons. The lowest BCUT2D eigenvalue weighted by atomic mass is 9.82. The number of hydrogen-bond acceptors (Lipinski definition) is 6. The average molecular weight is 472 g/mol. The molecular formula is C17H16Br2N2O4. The molecule has 25 heavy (non-hydrogen) atoms.